The van der Waals surface area contributed by atoms with E-state index < -0.39 is 7.12 Å². The maximum absolute atomic E-state index is 6.26. The Bertz CT molecular complexity index is 667. The van der Waals surface area contributed by atoms with Gasteiger partial charge in [0.25, 0.3) is 0 Å². The van der Waals surface area contributed by atoms with Crippen LogP contribution in [0.3, 0.4) is 0 Å². The Morgan fingerprint density at radius 3 is 2.00 bits per heavy atom. The Kier molecular flexibility index (Phi) is 3.54. The van der Waals surface area contributed by atoms with Gasteiger partial charge in [-0.2, -0.15) is 0 Å². The third-order valence-corrected chi connectivity index (χ3v) is 4.71. The number of hydrogen-bond donors (Lipinski definition) is 1. The van der Waals surface area contributed by atoms with E-state index in [4.69, 9.17) is 15.0 Å². The summed E-state index contributed by atoms with van der Waals surface area (Å²) in [5.74, 6) is 0. The summed E-state index contributed by atoms with van der Waals surface area (Å²) >= 11 is 0. The molecule has 22 heavy (non-hydrogen) atoms. The summed E-state index contributed by atoms with van der Waals surface area (Å²) in [5.41, 5.74) is 9.26. The van der Waals surface area contributed by atoms with Gasteiger partial charge in [0.1, 0.15) is 0 Å². The first kappa shape index (κ1) is 15.1. The van der Waals surface area contributed by atoms with Gasteiger partial charge in [0.05, 0.1) is 11.2 Å². The van der Waals surface area contributed by atoms with E-state index >= 15 is 0 Å². The first-order chi connectivity index (χ1) is 10.3. The molecule has 0 aromatic heterocycles. The van der Waals surface area contributed by atoms with Crippen LogP contribution in [0.5, 0.6) is 0 Å². The van der Waals surface area contributed by atoms with Crippen molar-refractivity contribution >= 4 is 18.3 Å². The van der Waals surface area contributed by atoms with E-state index in [1.165, 1.54) is 0 Å². The highest BCUT2D eigenvalue weighted by atomic mass is 16.7. The molecule has 1 heterocycles. The molecule has 0 radical (unpaired) electrons. The first-order valence-corrected chi connectivity index (χ1v) is 7.61. The van der Waals surface area contributed by atoms with Crippen molar-refractivity contribution in [1.29, 1.82) is 0 Å². The molecule has 1 aliphatic rings. The molecule has 0 aliphatic carbocycles. The van der Waals surface area contributed by atoms with Crippen molar-refractivity contribution in [3.63, 3.8) is 0 Å². The van der Waals surface area contributed by atoms with Gasteiger partial charge in [-0.3, -0.25) is 0 Å². The number of hydrogen-bond acceptors (Lipinski definition) is 3. The molecular formula is C18H22BNO2. The van der Waals surface area contributed by atoms with Crippen LogP contribution < -0.4 is 11.2 Å². The number of anilines is 1. The van der Waals surface area contributed by atoms with Crippen molar-refractivity contribution in [2.24, 2.45) is 0 Å². The topological polar surface area (TPSA) is 44.5 Å². The minimum absolute atomic E-state index is 0.381. The predicted molar refractivity (Wildman–Crippen MR) is 92.0 cm³/mol. The van der Waals surface area contributed by atoms with E-state index in [0.29, 0.717) is 5.69 Å². The van der Waals surface area contributed by atoms with Crippen LogP contribution in [-0.2, 0) is 9.31 Å². The molecule has 2 aromatic carbocycles. The van der Waals surface area contributed by atoms with E-state index in [0.717, 1.165) is 16.6 Å². The molecule has 2 aromatic rings. The Balaban J connectivity index is 2.09. The molecule has 1 saturated heterocycles. The Hall–Kier alpha value is -1.78. The number of nitrogens with two attached hydrogens (primary N) is 1. The molecule has 0 spiro atoms. The molecule has 4 heteroatoms. The monoisotopic (exact) mass is 295 g/mol. The van der Waals surface area contributed by atoms with Crippen molar-refractivity contribution < 1.29 is 9.31 Å². The molecule has 3 rings (SSSR count). The second kappa shape index (κ2) is 5.15. The van der Waals surface area contributed by atoms with Crippen molar-refractivity contribution in [2.75, 3.05) is 5.73 Å². The van der Waals surface area contributed by atoms with E-state index in [9.17, 15) is 0 Å². The fourth-order valence-electron chi connectivity index (χ4n) is 2.68. The molecule has 114 valence electrons. The van der Waals surface area contributed by atoms with Crippen LogP contribution in [0.2, 0.25) is 0 Å². The number of rotatable bonds is 2. The van der Waals surface area contributed by atoms with Gasteiger partial charge < -0.3 is 15.0 Å². The molecule has 0 bridgehead atoms. The first-order valence-electron chi connectivity index (χ1n) is 7.61. The molecule has 0 unspecified atom stereocenters. The van der Waals surface area contributed by atoms with E-state index in [1.54, 1.807) is 0 Å². The fraction of sp³-hybridized carbons (Fsp3) is 0.333. The maximum atomic E-state index is 6.26. The van der Waals surface area contributed by atoms with Crippen LogP contribution in [0.1, 0.15) is 27.7 Å². The highest BCUT2D eigenvalue weighted by Gasteiger charge is 2.52. The predicted octanol–water partition coefficient (Wildman–Crippen LogP) is 3.24. The van der Waals surface area contributed by atoms with Gasteiger partial charge in [0, 0.05) is 11.2 Å². The van der Waals surface area contributed by atoms with Crippen molar-refractivity contribution in [2.45, 2.75) is 38.9 Å². The Morgan fingerprint density at radius 1 is 0.818 bits per heavy atom. The molecule has 0 saturated carbocycles. The Morgan fingerprint density at radius 2 is 1.41 bits per heavy atom. The average Bonchev–Trinajstić information content (AvgIpc) is 2.67. The zero-order valence-corrected chi connectivity index (χ0v) is 13.6. The van der Waals surface area contributed by atoms with Crippen LogP contribution in [0.25, 0.3) is 11.1 Å². The van der Waals surface area contributed by atoms with Gasteiger partial charge in [-0.25, -0.2) is 0 Å². The van der Waals surface area contributed by atoms with Gasteiger partial charge in [0.2, 0.25) is 0 Å². The summed E-state index contributed by atoms with van der Waals surface area (Å²) in [5, 5.41) is 0. The van der Waals surface area contributed by atoms with Gasteiger partial charge in [-0.1, -0.05) is 42.5 Å². The van der Waals surface area contributed by atoms with Gasteiger partial charge >= 0.3 is 7.12 Å². The SMILES string of the molecule is CC1(C)OB(c2c(N)cccc2-c2ccccc2)OC1(C)C. The minimum atomic E-state index is -0.457. The average molecular weight is 295 g/mol. The third kappa shape index (κ3) is 2.42. The maximum Gasteiger partial charge on any atom is 0.497 e. The molecule has 0 amide bonds. The smallest absolute Gasteiger partial charge is 0.399 e. The van der Waals surface area contributed by atoms with Crippen molar-refractivity contribution in [3.05, 3.63) is 48.5 Å². The molecule has 3 nitrogen and oxygen atoms in total. The largest absolute Gasteiger partial charge is 0.497 e. The summed E-state index contributed by atoms with van der Waals surface area (Å²) in [7, 11) is -0.457. The molecular weight excluding hydrogens is 273 g/mol. The summed E-state index contributed by atoms with van der Waals surface area (Å²) in [6.07, 6.45) is 0. The lowest BCUT2D eigenvalue weighted by Gasteiger charge is -2.32. The van der Waals surface area contributed by atoms with Crippen LogP contribution >= 0.6 is 0 Å². The van der Waals surface area contributed by atoms with Crippen LogP contribution in [-0.4, -0.2) is 18.3 Å². The highest BCUT2D eigenvalue weighted by Crippen LogP contribution is 2.37. The number of nitrogen functional groups attached to an aromatic ring is 1. The Labute approximate surface area is 132 Å². The summed E-state index contributed by atoms with van der Waals surface area (Å²) in [6, 6.07) is 16.1. The fourth-order valence-corrected chi connectivity index (χ4v) is 2.68. The third-order valence-electron chi connectivity index (χ3n) is 4.71. The van der Waals surface area contributed by atoms with Crippen LogP contribution in [0, 0.1) is 0 Å². The molecule has 1 fully saturated rings. The lowest BCUT2D eigenvalue weighted by Crippen LogP contribution is -2.41. The standard InChI is InChI=1S/C18H22BNO2/c1-17(2)18(3,4)22-19(21-17)16-14(11-8-12-15(16)20)13-9-6-5-7-10-13/h5-12H,20H2,1-4H3. The highest BCUT2D eigenvalue weighted by molar-refractivity contribution is 6.65. The van der Waals surface area contributed by atoms with Crippen LogP contribution in [0.4, 0.5) is 5.69 Å². The lowest BCUT2D eigenvalue weighted by molar-refractivity contribution is 0.00578. The van der Waals surface area contributed by atoms with Crippen molar-refractivity contribution in [3.8, 4) is 11.1 Å². The van der Waals surface area contributed by atoms with E-state index in [-0.39, 0.29) is 11.2 Å². The molecule has 2 N–H and O–H groups in total. The van der Waals surface area contributed by atoms with Crippen LogP contribution in [0.15, 0.2) is 48.5 Å². The van der Waals surface area contributed by atoms with Gasteiger partial charge in [-0.15, -0.1) is 0 Å². The molecule has 1 aliphatic heterocycles. The van der Waals surface area contributed by atoms with E-state index in [1.807, 2.05) is 58.0 Å². The summed E-state index contributed by atoms with van der Waals surface area (Å²) in [6.45, 7) is 8.20. The quantitative estimate of drug-likeness (QED) is 0.683. The molecule has 0 atom stereocenters. The van der Waals surface area contributed by atoms with Gasteiger partial charge in [0.15, 0.2) is 0 Å². The number of benzene rings is 2. The zero-order valence-electron chi connectivity index (χ0n) is 13.6. The summed E-state index contributed by atoms with van der Waals surface area (Å²) in [4.78, 5) is 0. The lowest BCUT2D eigenvalue weighted by atomic mass is 9.73. The second-order valence-corrected chi connectivity index (χ2v) is 6.76. The van der Waals surface area contributed by atoms with E-state index in [2.05, 4.69) is 18.2 Å². The minimum Gasteiger partial charge on any atom is -0.399 e. The van der Waals surface area contributed by atoms with Crippen molar-refractivity contribution in [1.82, 2.24) is 0 Å². The normalized spacial score (nSPS) is 19.4. The zero-order chi connectivity index (χ0) is 16.0. The van der Waals surface area contributed by atoms with Gasteiger partial charge in [-0.05, 0) is 44.9 Å². The second-order valence-electron chi connectivity index (χ2n) is 6.76. The summed E-state index contributed by atoms with van der Waals surface area (Å²) < 4.78 is 12.4.